The highest BCUT2D eigenvalue weighted by Gasteiger charge is 2.51. The number of nitrogens with one attached hydrogen (secondary N) is 1. The van der Waals surface area contributed by atoms with Crippen molar-refractivity contribution in [2.45, 2.75) is 51.9 Å². The monoisotopic (exact) mass is 415 g/mol. The van der Waals surface area contributed by atoms with Crippen molar-refractivity contribution >= 4 is 23.7 Å². The lowest BCUT2D eigenvalue weighted by atomic mass is 9.80. The van der Waals surface area contributed by atoms with Gasteiger partial charge >= 0.3 is 0 Å². The number of benzene rings is 2. The van der Waals surface area contributed by atoms with Crippen molar-refractivity contribution in [3.63, 3.8) is 0 Å². The van der Waals surface area contributed by atoms with Crippen LogP contribution in [-0.4, -0.2) is 12.7 Å². The first-order valence-electron chi connectivity index (χ1n) is 11.1. The normalized spacial score (nSPS) is 22.7. The van der Waals surface area contributed by atoms with Crippen molar-refractivity contribution in [1.82, 2.24) is 0 Å². The van der Waals surface area contributed by atoms with Crippen molar-refractivity contribution in [2.75, 3.05) is 12.1 Å². The Morgan fingerprint density at radius 2 is 1.77 bits per heavy atom. The average Bonchev–Trinajstić information content (AvgIpc) is 3.42. The summed E-state index contributed by atoms with van der Waals surface area (Å²) in [5.74, 6) is 1.52. The van der Waals surface area contributed by atoms with Crippen LogP contribution in [0.1, 0.15) is 63.1 Å². The fraction of sp³-hybridized carbons (Fsp3) is 0.370. The molecule has 1 heterocycles. The molecule has 4 heteroatoms. The van der Waals surface area contributed by atoms with Gasteiger partial charge in [-0.2, -0.15) is 0 Å². The van der Waals surface area contributed by atoms with Gasteiger partial charge < -0.3 is 14.8 Å². The summed E-state index contributed by atoms with van der Waals surface area (Å²) in [6.45, 7) is 7.04. The van der Waals surface area contributed by atoms with Crippen LogP contribution >= 0.6 is 0 Å². The zero-order valence-electron chi connectivity index (χ0n) is 18.5. The van der Waals surface area contributed by atoms with Crippen molar-refractivity contribution in [2.24, 2.45) is 5.41 Å². The number of carbonyl (C=O) groups is 1. The smallest absolute Gasteiger partial charge is 0.235 e. The van der Waals surface area contributed by atoms with E-state index in [1.165, 1.54) is 11.1 Å². The molecule has 1 amide bonds. The predicted molar refractivity (Wildman–Crippen MR) is 124 cm³/mol. The average molecular weight is 416 g/mol. The molecule has 0 bridgehead atoms. The van der Waals surface area contributed by atoms with Gasteiger partial charge in [-0.05, 0) is 79.0 Å². The lowest BCUT2D eigenvalue weighted by Crippen LogP contribution is -2.27. The van der Waals surface area contributed by atoms with Crippen molar-refractivity contribution in [3.05, 3.63) is 64.7 Å². The standard InChI is InChI=1S/C27H29NO3/c1-18-14-20-15-22(9-7-19(20)6-4-5-11-26(18,2)3)28-25(29)27(12-13-27)21-8-10-23-24(16-21)31-17-30-23/h4,6-10,14-16H,5,11-13,17H2,1-3H3,(H,28,29)/b6-4+,18-14+. The van der Waals surface area contributed by atoms with E-state index in [1.54, 1.807) is 0 Å². The summed E-state index contributed by atoms with van der Waals surface area (Å²) >= 11 is 0. The van der Waals surface area contributed by atoms with Gasteiger partial charge in [-0.3, -0.25) is 4.79 Å². The van der Waals surface area contributed by atoms with Crippen molar-refractivity contribution in [3.8, 4) is 11.5 Å². The van der Waals surface area contributed by atoms with E-state index >= 15 is 0 Å². The number of hydrogen-bond acceptors (Lipinski definition) is 3. The highest BCUT2D eigenvalue weighted by molar-refractivity contribution is 6.01. The Hall–Kier alpha value is -3.01. The third kappa shape index (κ3) is 3.65. The van der Waals surface area contributed by atoms with E-state index in [-0.39, 0.29) is 18.1 Å². The molecule has 3 aliphatic rings. The number of allylic oxidation sites excluding steroid dienone is 2. The largest absolute Gasteiger partial charge is 0.454 e. The fourth-order valence-corrected chi connectivity index (χ4v) is 4.43. The Balaban J connectivity index is 1.42. The first kappa shape index (κ1) is 19.9. The highest BCUT2D eigenvalue weighted by atomic mass is 16.7. The third-order valence-corrected chi connectivity index (χ3v) is 7.13. The first-order chi connectivity index (χ1) is 14.9. The van der Waals surface area contributed by atoms with Gasteiger partial charge in [-0.1, -0.05) is 49.8 Å². The van der Waals surface area contributed by atoms with Crippen LogP contribution in [0.25, 0.3) is 12.2 Å². The second-order valence-corrected chi connectivity index (χ2v) is 9.60. The molecule has 0 radical (unpaired) electrons. The molecule has 1 fully saturated rings. The molecular weight excluding hydrogens is 386 g/mol. The molecule has 0 saturated heterocycles. The van der Waals surface area contributed by atoms with Gasteiger partial charge in [0.25, 0.3) is 0 Å². The molecule has 2 aromatic rings. The Morgan fingerprint density at radius 1 is 0.968 bits per heavy atom. The maximum Gasteiger partial charge on any atom is 0.235 e. The molecule has 31 heavy (non-hydrogen) atoms. The minimum Gasteiger partial charge on any atom is -0.454 e. The van der Waals surface area contributed by atoms with E-state index in [1.807, 2.05) is 24.3 Å². The summed E-state index contributed by atoms with van der Waals surface area (Å²) in [5, 5.41) is 3.18. The van der Waals surface area contributed by atoms with E-state index in [4.69, 9.17) is 9.47 Å². The van der Waals surface area contributed by atoms with E-state index in [0.717, 1.165) is 54.0 Å². The van der Waals surface area contributed by atoms with Crippen LogP contribution < -0.4 is 14.8 Å². The Bertz CT molecular complexity index is 1110. The summed E-state index contributed by atoms with van der Waals surface area (Å²) < 4.78 is 10.9. The predicted octanol–water partition coefficient (Wildman–Crippen LogP) is 6.32. The molecule has 0 spiro atoms. The van der Waals surface area contributed by atoms with Crippen molar-refractivity contribution < 1.29 is 14.3 Å². The number of amides is 1. The number of carbonyl (C=O) groups excluding carboxylic acids is 1. The van der Waals surface area contributed by atoms with Gasteiger partial charge in [0.15, 0.2) is 11.5 Å². The SMILES string of the molecule is C/C1=C\c2cc(NC(=O)C3(c4ccc5c(c4)OCO5)CC3)ccc2/C=C/CCC1(C)C. The zero-order valence-corrected chi connectivity index (χ0v) is 18.5. The van der Waals surface area contributed by atoms with Crippen LogP contribution in [-0.2, 0) is 10.2 Å². The topological polar surface area (TPSA) is 47.6 Å². The van der Waals surface area contributed by atoms with E-state index in [2.05, 4.69) is 56.4 Å². The van der Waals surface area contributed by atoms with Crippen LogP contribution in [0.3, 0.4) is 0 Å². The number of anilines is 1. The third-order valence-electron chi connectivity index (χ3n) is 7.13. The molecule has 2 aromatic carbocycles. The lowest BCUT2D eigenvalue weighted by molar-refractivity contribution is -0.118. The maximum atomic E-state index is 13.3. The number of ether oxygens (including phenoxy) is 2. The molecule has 160 valence electrons. The van der Waals surface area contributed by atoms with E-state index in [0.29, 0.717) is 0 Å². The van der Waals surface area contributed by atoms with E-state index in [9.17, 15) is 4.79 Å². The summed E-state index contributed by atoms with van der Waals surface area (Å²) in [5.41, 5.74) is 5.21. The Labute approximate surface area is 184 Å². The van der Waals surface area contributed by atoms with E-state index < -0.39 is 5.41 Å². The molecule has 2 aliphatic carbocycles. The summed E-state index contributed by atoms with van der Waals surface area (Å²) in [4.78, 5) is 13.3. The van der Waals surface area contributed by atoms with Gasteiger partial charge in [0.05, 0.1) is 5.41 Å². The van der Waals surface area contributed by atoms with Gasteiger partial charge in [-0.15, -0.1) is 0 Å². The van der Waals surface area contributed by atoms with Crippen LogP contribution in [0, 0.1) is 5.41 Å². The molecule has 5 rings (SSSR count). The highest BCUT2D eigenvalue weighted by Crippen LogP contribution is 2.51. The number of fused-ring (bicyclic) bond motifs is 2. The molecule has 1 saturated carbocycles. The number of rotatable bonds is 3. The minimum atomic E-state index is -0.476. The van der Waals surface area contributed by atoms with Crippen LogP contribution in [0.2, 0.25) is 0 Å². The van der Waals surface area contributed by atoms with Gasteiger partial charge in [0.1, 0.15) is 0 Å². The summed E-state index contributed by atoms with van der Waals surface area (Å²) in [6.07, 6.45) is 10.6. The molecule has 4 nitrogen and oxygen atoms in total. The minimum absolute atomic E-state index is 0.0472. The second-order valence-electron chi connectivity index (χ2n) is 9.60. The molecule has 0 aromatic heterocycles. The van der Waals surface area contributed by atoms with Crippen LogP contribution in [0.4, 0.5) is 5.69 Å². The van der Waals surface area contributed by atoms with Gasteiger partial charge in [-0.25, -0.2) is 0 Å². The Kier molecular flexibility index (Phi) is 4.69. The number of hydrogen-bond donors (Lipinski definition) is 1. The molecule has 0 unspecified atom stereocenters. The summed E-state index contributed by atoms with van der Waals surface area (Å²) in [7, 11) is 0. The quantitative estimate of drug-likeness (QED) is 0.638. The molecule has 1 N–H and O–H groups in total. The first-order valence-corrected chi connectivity index (χ1v) is 11.1. The van der Waals surface area contributed by atoms with Crippen molar-refractivity contribution in [1.29, 1.82) is 0 Å². The molecule has 0 atom stereocenters. The molecule has 1 aliphatic heterocycles. The van der Waals surface area contributed by atoms with Gasteiger partial charge in [0, 0.05) is 5.69 Å². The molecular formula is C27H29NO3. The summed E-state index contributed by atoms with van der Waals surface area (Å²) in [6, 6.07) is 12.0. The Morgan fingerprint density at radius 3 is 2.58 bits per heavy atom. The zero-order chi connectivity index (χ0) is 21.6. The van der Waals surface area contributed by atoms with Gasteiger partial charge in [0.2, 0.25) is 12.7 Å². The second kappa shape index (κ2) is 7.30. The maximum absolute atomic E-state index is 13.3. The van der Waals surface area contributed by atoms with Crippen LogP contribution in [0.15, 0.2) is 48.0 Å². The van der Waals surface area contributed by atoms with Crippen LogP contribution in [0.5, 0.6) is 11.5 Å². The fourth-order valence-electron chi connectivity index (χ4n) is 4.43. The lowest BCUT2D eigenvalue weighted by Gasteiger charge is -2.25.